The Balaban J connectivity index is 1.64. The maximum absolute atomic E-state index is 12.7. The van der Waals surface area contributed by atoms with E-state index >= 15 is 0 Å². The van der Waals surface area contributed by atoms with Crippen LogP contribution in [0.5, 0.6) is 5.75 Å². The zero-order valence-electron chi connectivity index (χ0n) is 14.2. The number of nitrogens with zero attached hydrogens (tertiary/aromatic N) is 1. The number of nitrogens with two attached hydrogens (primary N) is 1. The quantitative estimate of drug-likeness (QED) is 0.905. The van der Waals surface area contributed by atoms with Crippen LogP contribution in [0.1, 0.15) is 36.1 Å². The normalized spacial score (nSPS) is 20.3. The van der Waals surface area contributed by atoms with Crippen LogP contribution in [0, 0.1) is 5.92 Å². The van der Waals surface area contributed by atoms with E-state index in [-0.39, 0.29) is 36.1 Å². The van der Waals surface area contributed by atoms with Gasteiger partial charge in [0.2, 0.25) is 5.91 Å². The van der Waals surface area contributed by atoms with Gasteiger partial charge < -0.3 is 19.8 Å². The van der Waals surface area contributed by atoms with Gasteiger partial charge >= 0.3 is 0 Å². The number of furan rings is 1. The molecule has 6 heteroatoms. The molecule has 2 atom stereocenters. The molecule has 3 rings (SSSR count). The summed E-state index contributed by atoms with van der Waals surface area (Å²) in [6.07, 6.45) is 1.47. The lowest BCUT2D eigenvalue weighted by Gasteiger charge is -2.36. The number of para-hydroxylation sites is 1. The van der Waals surface area contributed by atoms with Crippen LogP contribution in [-0.4, -0.2) is 29.3 Å². The van der Waals surface area contributed by atoms with Crippen molar-refractivity contribution in [1.29, 1.82) is 0 Å². The number of rotatable bonds is 5. The highest BCUT2D eigenvalue weighted by molar-refractivity contribution is 5.92. The van der Waals surface area contributed by atoms with E-state index in [0.717, 1.165) is 12.2 Å². The van der Waals surface area contributed by atoms with Crippen LogP contribution in [-0.2, 0) is 11.4 Å². The van der Waals surface area contributed by atoms with Gasteiger partial charge in [-0.15, -0.1) is 0 Å². The fraction of sp³-hybridized carbons (Fsp3) is 0.368. The maximum Gasteiger partial charge on any atom is 0.289 e. The Bertz CT molecular complexity index is 741. The number of amides is 2. The number of primary amides is 1. The molecule has 25 heavy (non-hydrogen) atoms. The minimum Gasteiger partial charge on any atom is -0.486 e. The van der Waals surface area contributed by atoms with Gasteiger partial charge in [0, 0.05) is 12.6 Å². The first-order chi connectivity index (χ1) is 12.0. The summed E-state index contributed by atoms with van der Waals surface area (Å²) >= 11 is 0. The minimum atomic E-state index is -0.360. The lowest BCUT2D eigenvalue weighted by Crippen LogP contribution is -2.48. The smallest absolute Gasteiger partial charge is 0.289 e. The van der Waals surface area contributed by atoms with Gasteiger partial charge in [0.25, 0.3) is 5.91 Å². The Morgan fingerprint density at radius 2 is 1.96 bits per heavy atom. The molecule has 0 radical (unpaired) electrons. The lowest BCUT2D eigenvalue weighted by atomic mass is 9.93. The Morgan fingerprint density at radius 1 is 1.20 bits per heavy atom. The summed E-state index contributed by atoms with van der Waals surface area (Å²) in [5.41, 5.74) is 5.40. The lowest BCUT2D eigenvalue weighted by molar-refractivity contribution is -0.123. The van der Waals surface area contributed by atoms with E-state index in [4.69, 9.17) is 14.9 Å². The van der Waals surface area contributed by atoms with Gasteiger partial charge in [-0.3, -0.25) is 9.59 Å². The molecule has 1 aromatic carbocycles. The first-order valence-electron chi connectivity index (χ1n) is 8.41. The van der Waals surface area contributed by atoms with Crippen LogP contribution in [0.3, 0.4) is 0 Å². The predicted octanol–water partition coefficient (Wildman–Crippen LogP) is 2.58. The van der Waals surface area contributed by atoms with Crippen LogP contribution in [0.2, 0.25) is 0 Å². The molecule has 0 bridgehead atoms. The van der Waals surface area contributed by atoms with Crippen LogP contribution in [0.25, 0.3) is 0 Å². The van der Waals surface area contributed by atoms with E-state index in [1.807, 2.05) is 37.3 Å². The van der Waals surface area contributed by atoms with E-state index in [1.54, 1.807) is 17.0 Å². The average molecular weight is 342 g/mol. The molecular formula is C19H22N2O4. The molecule has 1 saturated heterocycles. The maximum atomic E-state index is 12.7. The van der Waals surface area contributed by atoms with Crippen molar-refractivity contribution in [2.45, 2.75) is 32.4 Å². The second kappa shape index (κ2) is 7.42. The molecular weight excluding hydrogens is 320 g/mol. The van der Waals surface area contributed by atoms with E-state index < -0.39 is 0 Å². The van der Waals surface area contributed by atoms with Crippen molar-refractivity contribution in [1.82, 2.24) is 4.90 Å². The third kappa shape index (κ3) is 4.02. The summed E-state index contributed by atoms with van der Waals surface area (Å²) in [6, 6.07) is 12.8. The summed E-state index contributed by atoms with van der Waals surface area (Å²) in [6.45, 7) is 2.56. The number of carbonyl (C=O) groups is 2. The van der Waals surface area contributed by atoms with Crippen molar-refractivity contribution in [2.24, 2.45) is 11.7 Å². The van der Waals surface area contributed by atoms with E-state index in [0.29, 0.717) is 18.7 Å². The first kappa shape index (κ1) is 17.1. The van der Waals surface area contributed by atoms with Gasteiger partial charge in [-0.25, -0.2) is 0 Å². The summed E-state index contributed by atoms with van der Waals surface area (Å²) in [4.78, 5) is 25.8. The van der Waals surface area contributed by atoms with Crippen LogP contribution >= 0.6 is 0 Å². The van der Waals surface area contributed by atoms with Gasteiger partial charge in [-0.1, -0.05) is 18.2 Å². The predicted molar refractivity (Wildman–Crippen MR) is 91.9 cm³/mol. The third-order valence-corrected chi connectivity index (χ3v) is 4.54. The molecule has 2 aromatic rings. The largest absolute Gasteiger partial charge is 0.486 e. The Labute approximate surface area is 146 Å². The number of likely N-dealkylation sites (tertiary alicyclic amines) is 1. The van der Waals surface area contributed by atoms with Crippen molar-refractivity contribution in [3.8, 4) is 5.75 Å². The fourth-order valence-corrected chi connectivity index (χ4v) is 3.01. The molecule has 0 spiro atoms. The molecule has 2 N–H and O–H groups in total. The minimum absolute atomic E-state index is 0.0530. The molecule has 2 heterocycles. The molecule has 2 unspecified atom stereocenters. The topological polar surface area (TPSA) is 85.8 Å². The third-order valence-electron chi connectivity index (χ3n) is 4.54. The molecule has 132 valence electrons. The van der Waals surface area contributed by atoms with Crippen LogP contribution < -0.4 is 10.5 Å². The standard InChI is InChI=1S/C19H22N2O4/c1-13-7-8-14(18(20)22)11-21(13)19(23)17-10-9-16(25-17)12-24-15-5-3-2-4-6-15/h2-6,9-10,13-14H,7-8,11-12H2,1H3,(H2,20,22). The fourth-order valence-electron chi connectivity index (χ4n) is 3.01. The van der Waals surface area contributed by atoms with Crippen molar-refractivity contribution in [3.05, 3.63) is 54.0 Å². The van der Waals surface area contributed by atoms with E-state index in [1.165, 1.54) is 0 Å². The molecule has 0 saturated carbocycles. The van der Waals surface area contributed by atoms with E-state index in [9.17, 15) is 9.59 Å². The highest BCUT2D eigenvalue weighted by atomic mass is 16.5. The molecule has 1 fully saturated rings. The average Bonchev–Trinajstić information content (AvgIpc) is 3.09. The zero-order valence-corrected chi connectivity index (χ0v) is 14.2. The zero-order chi connectivity index (χ0) is 17.8. The van der Waals surface area contributed by atoms with Gasteiger partial charge in [0.05, 0.1) is 5.92 Å². The monoisotopic (exact) mass is 342 g/mol. The van der Waals surface area contributed by atoms with Gasteiger partial charge in [-0.2, -0.15) is 0 Å². The van der Waals surface area contributed by atoms with Gasteiger partial charge in [0.1, 0.15) is 18.1 Å². The van der Waals surface area contributed by atoms with Crippen molar-refractivity contribution in [2.75, 3.05) is 6.54 Å². The second-order valence-corrected chi connectivity index (χ2v) is 6.35. The van der Waals surface area contributed by atoms with Crippen LogP contribution in [0.15, 0.2) is 46.9 Å². The Hall–Kier alpha value is -2.76. The summed E-state index contributed by atoms with van der Waals surface area (Å²) in [5, 5.41) is 0. The first-order valence-corrected chi connectivity index (χ1v) is 8.41. The van der Waals surface area contributed by atoms with E-state index in [2.05, 4.69) is 0 Å². The van der Waals surface area contributed by atoms with Gasteiger partial charge in [-0.05, 0) is 44.0 Å². The second-order valence-electron chi connectivity index (χ2n) is 6.35. The number of ether oxygens (including phenoxy) is 1. The number of hydrogen-bond donors (Lipinski definition) is 1. The van der Waals surface area contributed by atoms with Crippen molar-refractivity contribution >= 4 is 11.8 Å². The molecule has 2 amide bonds. The molecule has 1 aromatic heterocycles. The summed E-state index contributed by atoms with van der Waals surface area (Å²) < 4.78 is 11.3. The SMILES string of the molecule is CC1CCC(C(N)=O)CN1C(=O)c1ccc(COc2ccccc2)o1. The summed E-state index contributed by atoms with van der Waals surface area (Å²) in [7, 11) is 0. The van der Waals surface area contributed by atoms with Gasteiger partial charge in [0.15, 0.2) is 5.76 Å². The number of piperidine rings is 1. The molecule has 1 aliphatic heterocycles. The number of benzene rings is 1. The molecule has 0 aliphatic carbocycles. The summed E-state index contributed by atoms with van der Waals surface area (Å²) in [5.74, 6) is 0.689. The molecule has 6 nitrogen and oxygen atoms in total. The number of carbonyl (C=O) groups excluding carboxylic acids is 2. The molecule has 1 aliphatic rings. The highest BCUT2D eigenvalue weighted by Gasteiger charge is 2.33. The highest BCUT2D eigenvalue weighted by Crippen LogP contribution is 2.24. The number of hydrogen-bond acceptors (Lipinski definition) is 4. The van der Waals surface area contributed by atoms with Crippen molar-refractivity contribution in [3.63, 3.8) is 0 Å². The van der Waals surface area contributed by atoms with Crippen LogP contribution in [0.4, 0.5) is 0 Å². The Morgan fingerprint density at radius 3 is 2.68 bits per heavy atom. The Kier molecular flexibility index (Phi) is 5.07. The van der Waals surface area contributed by atoms with Crippen molar-refractivity contribution < 1.29 is 18.7 Å².